The fourth-order valence-corrected chi connectivity index (χ4v) is 2.26. The van der Waals surface area contributed by atoms with Gasteiger partial charge in [-0.2, -0.15) is 0 Å². The van der Waals surface area contributed by atoms with Crippen molar-refractivity contribution in [3.05, 3.63) is 42.5 Å². The van der Waals surface area contributed by atoms with Crippen molar-refractivity contribution in [1.29, 1.82) is 0 Å². The summed E-state index contributed by atoms with van der Waals surface area (Å²) in [6, 6.07) is 8.21. The van der Waals surface area contributed by atoms with Crippen LogP contribution in [0.2, 0.25) is 0 Å². The summed E-state index contributed by atoms with van der Waals surface area (Å²) in [5.74, 6) is 0. The van der Waals surface area contributed by atoms with Gasteiger partial charge in [0.2, 0.25) is 0 Å². The van der Waals surface area contributed by atoms with Crippen LogP contribution >= 0.6 is 0 Å². The van der Waals surface area contributed by atoms with E-state index in [4.69, 9.17) is 0 Å². The van der Waals surface area contributed by atoms with Crippen LogP contribution < -0.4 is 5.32 Å². The molecule has 0 atom stereocenters. The molecule has 6 nitrogen and oxygen atoms in total. The molecular weight excluding hydrogens is 252 g/mol. The molecule has 0 bridgehead atoms. The molecule has 2 heterocycles. The molecule has 0 spiro atoms. The van der Waals surface area contributed by atoms with Gasteiger partial charge in [0.25, 0.3) is 0 Å². The molecular formula is C14H18N6. The predicted octanol–water partition coefficient (Wildman–Crippen LogP) is 1.34. The Morgan fingerprint density at radius 1 is 1.25 bits per heavy atom. The van der Waals surface area contributed by atoms with Crippen LogP contribution in [0.5, 0.6) is 0 Å². The molecule has 0 fully saturated rings. The van der Waals surface area contributed by atoms with E-state index >= 15 is 0 Å². The molecule has 3 aromatic rings. The SMILES string of the molecule is Cn1cc(CNCCCn2cnc3ccccc32)nn1. The van der Waals surface area contributed by atoms with Crippen LogP contribution in [0.1, 0.15) is 12.1 Å². The van der Waals surface area contributed by atoms with Crippen LogP contribution in [-0.4, -0.2) is 31.1 Å². The zero-order valence-corrected chi connectivity index (χ0v) is 11.5. The fourth-order valence-electron chi connectivity index (χ4n) is 2.26. The number of aromatic nitrogens is 5. The molecule has 0 saturated heterocycles. The molecule has 1 N–H and O–H groups in total. The van der Waals surface area contributed by atoms with Gasteiger partial charge in [-0.15, -0.1) is 5.10 Å². The Hall–Kier alpha value is -2.21. The number of benzene rings is 1. The highest BCUT2D eigenvalue weighted by molar-refractivity contribution is 5.74. The molecule has 0 aliphatic rings. The number of rotatable bonds is 6. The Labute approximate surface area is 117 Å². The first kappa shape index (κ1) is 12.8. The smallest absolute Gasteiger partial charge is 0.0964 e. The lowest BCUT2D eigenvalue weighted by Crippen LogP contribution is -2.16. The summed E-state index contributed by atoms with van der Waals surface area (Å²) in [5, 5.41) is 11.3. The summed E-state index contributed by atoms with van der Waals surface area (Å²) in [6.45, 7) is 2.68. The molecule has 0 amide bonds. The second kappa shape index (κ2) is 5.83. The van der Waals surface area contributed by atoms with E-state index < -0.39 is 0 Å². The number of aryl methyl sites for hydroxylation is 2. The Morgan fingerprint density at radius 3 is 3.00 bits per heavy atom. The molecule has 20 heavy (non-hydrogen) atoms. The van der Waals surface area contributed by atoms with Crippen LogP contribution in [0.15, 0.2) is 36.8 Å². The lowest BCUT2D eigenvalue weighted by Gasteiger charge is -2.05. The predicted molar refractivity (Wildman–Crippen MR) is 77.1 cm³/mol. The average molecular weight is 270 g/mol. The molecule has 3 rings (SSSR count). The Balaban J connectivity index is 1.46. The molecule has 0 unspecified atom stereocenters. The third-order valence-electron chi connectivity index (χ3n) is 3.24. The third-order valence-corrected chi connectivity index (χ3v) is 3.24. The summed E-state index contributed by atoms with van der Waals surface area (Å²) in [4.78, 5) is 4.39. The molecule has 0 saturated carbocycles. The quantitative estimate of drug-likeness (QED) is 0.687. The van der Waals surface area contributed by atoms with Gasteiger partial charge in [-0.1, -0.05) is 17.3 Å². The second-order valence-electron chi connectivity index (χ2n) is 4.84. The number of fused-ring (bicyclic) bond motifs is 1. The van der Waals surface area contributed by atoms with Gasteiger partial charge in [0.15, 0.2) is 0 Å². The monoisotopic (exact) mass is 270 g/mol. The van der Waals surface area contributed by atoms with E-state index in [0.29, 0.717) is 0 Å². The van der Waals surface area contributed by atoms with Crippen molar-refractivity contribution in [3.8, 4) is 0 Å². The first-order valence-corrected chi connectivity index (χ1v) is 6.79. The second-order valence-corrected chi connectivity index (χ2v) is 4.84. The minimum Gasteiger partial charge on any atom is -0.331 e. The maximum absolute atomic E-state index is 4.39. The zero-order valence-electron chi connectivity index (χ0n) is 11.5. The molecule has 1 aromatic carbocycles. The molecule has 2 aromatic heterocycles. The van der Waals surface area contributed by atoms with Gasteiger partial charge in [-0.3, -0.25) is 4.68 Å². The highest BCUT2D eigenvalue weighted by Crippen LogP contribution is 2.11. The molecule has 104 valence electrons. The van der Waals surface area contributed by atoms with Gasteiger partial charge in [0, 0.05) is 26.3 Å². The Kier molecular flexibility index (Phi) is 3.73. The topological polar surface area (TPSA) is 60.6 Å². The van der Waals surface area contributed by atoms with Crippen molar-refractivity contribution >= 4 is 11.0 Å². The summed E-state index contributed by atoms with van der Waals surface area (Å²) in [7, 11) is 1.88. The van der Waals surface area contributed by atoms with Crippen molar-refractivity contribution in [2.45, 2.75) is 19.5 Å². The van der Waals surface area contributed by atoms with Gasteiger partial charge >= 0.3 is 0 Å². The van der Waals surface area contributed by atoms with Gasteiger partial charge in [0.05, 0.1) is 23.1 Å². The number of imidazole rings is 1. The van der Waals surface area contributed by atoms with E-state index in [-0.39, 0.29) is 0 Å². The largest absolute Gasteiger partial charge is 0.331 e. The maximum atomic E-state index is 4.39. The number of hydrogen-bond donors (Lipinski definition) is 1. The number of nitrogens with one attached hydrogen (secondary N) is 1. The Bertz CT molecular complexity index is 684. The van der Waals surface area contributed by atoms with Crippen LogP contribution in [0.25, 0.3) is 11.0 Å². The third kappa shape index (κ3) is 2.85. The lowest BCUT2D eigenvalue weighted by atomic mass is 10.3. The van der Waals surface area contributed by atoms with Gasteiger partial charge < -0.3 is 9.88 Å². The van der Waals surface area contributed by atoms with E-state index in [9.17, 15) is 0 Å². The summed E-state index contributed by atoms with van der Waals surface area (Å²) >= 11 is 0. The summed E-state index contributed by atoms with van der Waals surface area (Å²) in [5.41, 5.74) is 3.22. The summed E-state index contributed by atoms with van der Waals surface area (Å²) in [6.07, 6.45) is 4.89. The van der Waals surface area contributed by atoms with E-state index in [1.54, 1.807) is 4.68 Å². The van der Waals surface area contributed by atoms with Gasteiger partial charge in [-0.05, 0) is 25.1 Å². The van der Waals surface area contributed by atoms with Crippen LogP contribution in [-0.2, 0) is 20.1 Å². The zero-order chi connectivity index (χ0) is 13.8. The standard InChI is InChI=1S/C14H18N6/c1-19-10-12(17-18-19)9-15-7-4-8-20-11-16-13-5-2-3-6-14(13)20/h2-3,5-6,10-11,15H,4,7-9H2,1H3. The van der Waals surface area contributed by atoms with Crippen molar-refractivity contribution in [3.63, 3.8) is 0 Å². The van der Waals surface area contributed by atoms with Crippen LogP contribution in [0, 0.1) is 0 Å². The molecule has 0 aliphatic heterocycles. The first-order chi connectivity index (χ1) is 9.83. The van der Waals surface area contributed by atoms with E-state index in [2.05, 4.69) is 31.2 Å². The van der Waals surface area contributed by atoms with E-state index in [1.807, 2.05) is 37.8 Å². The van der Waals surface area contributed by atoms with Crippen molar-refractivity contribution < 1.29 is 0 Å². The molecule has 6 heteroatoms. The van der Waals surface area contributed by atoms with Gasteiger partial charge in [-0.25, -0.2) is 4.98 Å². The normalized spacial score (nSPS) is 11.2. The summed E-state index contributed by atoms with van der Waals surface area (Å²) < 4.78 is 3.91. The lowest BCUT2D eigenvalue weighted by molar-refractivity contribution is 0.584. The van der Waals surface area contributed by atoms with Crippen LogP contribution in [0.3, 0.4) is 0 Å². The highest BCUT2D eigenvalue weighted by atomic mass is 15.4. The van der Waals surface area contributed by atoms with Gasteiger partial charge in [0.1, 0.15) is 0 Å². The maximum Gasteiger partial charge on any atom is 0.0964 e. The average Bonchev–Trinajstić information content (AvgIpc) is 3.05. The van der Waals surface area contributed by atoms with Crippen molar-refractivity contribution in [2.75, 3.05) is 6.54 Å². The Morgan fingerprint density at radius 2 is 2.15 bits per heavy atom. The minimum absolute atomic E-state index is 0.762. The van der Waals surface area contributed by atoms with Crippen molar-refractivity contribution in [1.82, 2.24) is 29.9 Å². The molecule has 0 aliphatic carbocycles. The van der Waals surface area contributed by atoms with Crippen LogP contribution in [0.4, 0.5) is 0 Å². The first-order valence-electron chi connectivity index (χ1n) is 6.79. The minimum atomic E-state index is 0.762. The number of nitrogens with zero attached hydrogens (tertiary/aromatic N) is 5. The van der Waals surface area contributed by atoms with E-state index in [0.717, 1.165) is 37.3 Å². The van der Waals surface area contributed by atoms with E-state index in [1.165, 1.54) is 5.52 Å². The fraction of sp³-hybridized carbons (Fsp3) is 0.357. The number of para-hydroxylation sites is 2. The molecule has 0 radical (unpaired) electrons. The number of hydrogen-bond acceptors (Lipinski definition) is 4. The highest BCUT2D eigenvalue weighted by Gasteiger charge is 2.01. The van der Waals surface area contributed by atoms with Crippen molar-refractivity contribution in [2.24, 2.45) is 7.05 Å².